The number of nitrogens with zero attached hydrogens (tertiary/aromatic N) is 1. The number of Topliss-reactive ketones (excluding diaryl/α,β-unsaturated/α-hetero) is 1. The van der Waals surface area contributed by atoms with E-state index < -0.39 is 10.2 Å². The van der Waals surface area contributed by atoms with Crippen molar-refractivity contribution in [2.24, 2.45) is 11.1 Å². The van der Waals surface area contributed by atoms with Crippen LogP contribution in [0.5, 0.6) is 0 Å². The van der Waals surface area contributed by atoms with Gasteiger partial charge in [0, 0.05) is 19.6 Å². The van der Waals surface area contributed by atoms with Crippen molar-refractivity contribution in [3.63, 3.8) is 0 Å². The van der Waals surface area contributed by atoms with E-state index in [1.165, 1.54) is 6.92 Å². The van der Waals surface area contributed by atoms with Gasteiger partial charge in [-0.25, -0.2) is 9.86 Å². The highest BCUT2D eigenvalue weighted by molar-refractivity contribution is 7.87. The van der Waals surface area contributed by atoms with Gasteiger partial charge in [-0.1, -0.05) is 0 Å². The molecular formula is C10H19N3O4S. The predicted octanol–water partition coefficient (Wildman–Crippen LogP) is -1.00. The zero-order valence-corrected chi connectivity index (χ0v) is 11.2. The second-order valence-corrected chi connectivity index (χ2v) is 6.00. The van der Waals surface area contributed by atoms with Gasteiger partial charge in [0.05, 0.1) is 6.42 Å². The number of hydrogen-bond acceptors (Lipinski definition) is 4. The number of amides is 1. The van der Waals surface area contributed by atoms with Gasteiger partial charge in [0.25, 0.3) is 10.2 Å². The fourth-order valence-electron chi connectivity index (χ4n) is 2.02. The third kappa shape index (κ3) is 5.56. The van der Waals surface area contributed by atoms with E-state index >= 15 is 0 Å². The predicted molar refractivity (Wildman–Crippen MR) is 65.7 cm³/mol. The molecule has 8 heteroatoms. The summed E-state index contributed by atoms with van der Waals surface area (Å²) in [7, 11) is -3.69. The van der Waals surface area contributed by atoms with Crippen LogP contribution in [0, 0.1) is 5.92 Å². The molecule has 1 rings (SSSR count). The topological polar surface area (TPSA) is 110 Å². The molecular weight excluding hydrogens is 258 g/mol. The average molecular weight is 277 g/mol. The third-order valence-electron chi connectivity index (χ3n) is 2.85. The van der Waals surface area contributed by atoms with Crippen LogP contribution in [-0.2, 0) is 19.8 Å². The van der Waals surface area contributed by atoms with Crippen molar-refractivity contribution >= 4 is 21.9 Å². The Balaban J connectivity index is 2.45. The molecule has 0 aromatic carbocycles. The van der Waals surface area contributed by atoms with Gasteiger partial charge in [-0.05, 0) is 25.7 Å². The molecule has 0 saturated carbocycles. The molecule has 1 heterocycles. The molecule has 7 nitrogen and oxygen atoms in total. The van der Waals surface area contributed by atoms with Crippen LogP contribution < -0.4 is 9.86 Å². The second kappa shape index (κ2) is 6.26. The van der Waals surface area contributed by atoms with Crippen LogP contribution in [0.15, 0.2) is 0 Å². The van der Waals surface area contributed by atoms with E-state index in [1.807, 2.05) is 0 Å². The summed E-state index contributed by atoms with van der Waals surface area (Å²) < 4.78 is 23.8. The van der Waals surface area contributed by atoms with E-state index in [-0.39, 0.29) is 30.6 Å². The minimum atomic E-state index is -3.69. The van der Waals surface area contributed by atoms with Crippen LogP contribution >= 0.6 is 0 Å². The van der Waals surface area contributed by atoms with Crippen molar-refractivity contribution in [3.8, 4) is 0 Å². The van der Waals surface area contributed by atoms with E-state index in [2.05, 4.69) is 4.72 Å². The van der Waals surface area contributed by atoms with E-state index in [9.17, 15) is 18.0 Å². The summed E-state index contributed by atoms with van der Waals surface area (Å²) in [6.07, 6.45) is 1.56. The molecule has 1 saturated heterocycles. The first-order valence-corrected chi connectivity index (χ1v) is 7.37. The van der Waals surface area contributed by atoms with Gasteiger partial charge in [0.2, 0.25) is 5.91 Å². The largest absolute Gasteiger partial charge is 0.342 e. The number of piperidine rings is 1. The lowest BCUT2D eigenvalue weighted by molar-refractivity contribution is -0.136. The summed E-state index contributed by atoms with van der Waals surface area (Å²) in [5, 5.41) is 4.85. The Bertz CT molecular complexity index is 421. The first kappa shape index (κ1) is 15.1. The second-order valence-electron chi connectivity index (χ2n) is 4.62. The van der Waals surface area contributed by atoms with Gasteiger partial charge in [-0.15, -0.1) is 0 Å². The molecule has 0 bridgehead atoms. The van der Waals surface area contributed by atoms with Crippen molar-refractivity contribution in [2.75, 3.05) is 19.6 Å². The van der Waals surface area contributed by atoms with Gasteiger partial charge in [-0.3, -0.25) is 9.59 Å². The Labute approximate surface area is 107 Å². The monoisotopic (exact) mass is 277 g/mol. The number of carbonyl (C=O) groups excluding carboxylic acids is 2. The van der Waals surface area contributed by atoms with E-state index in [0.717, 1.165) is 12.8 Å². The van der Waals surface area contributed by atoms with Gasteiger partial charge in [-0.2, -0.15) is 8.42 Å². The Morgan fingerprint density at radius 2 is 2.11 bits per heavy atom. The number of nitrogens with two attached hydrogens (primary N) is 1. The molecule has 1 aliphatic rings. The van der Waals surface area contributed by atoms with Crippen LogP contribution in [0.3, 0.4) is 0 Å². The van der Waals surface area contributed by atoms with Crippen LogP contribution in [-0.4, -0.2) is 44.6 Å². The zero-order chi connectivity index (χ0) is 13.8. The normalized spacial score (nSPS) is 20.8. The van der Waals surface area contributed by atoms with Crippen molar-refractivity contribution in [1.82, 2.24) is 9.62 Å². The van der Waals surface area contributed by atoms with Gasteiger partial charge >= 0.3 is 0 Å². The van der Waals surface area contributed by atoms with E-state index in [0.29, 0.717) is 13.1 Å². The molecule has 0 radical (unpaired) electrons. The summed E-state index contributed by atoms with van der Waals surface area (Å²) in [5.41, 5.74) is 0. The van der Waals surface area contributed by atoms with E-state index in [1.54, 1.807) is 4.90 Å². The number of nitrogens with one attached hydrogen (secondary N) is 1. The number of likely N-dealkylation sites (tertiary alicyclic amines) is 1. The molecule has 0 spiro atoms. The lowest BCUT2D eigenvalue weighted by Gasteiger charge is -2.32. The third-order valence-corrected chi connectivity index (χ3v) is 3.41. The Hall–Kier alpha value is -0.990. The van der Waals surface area contributed by atoms with Crippen molar-refractivity contribution in [1.29, 1.82) is 0 Å². The lowest BCUT2D eigenvalue weighted by atomic mass is 9.98. The zero-order valence-electron chi connectivity index (χ0n) is 10.4. The average Bonchev–Trinajstić information content (AvgIpc) is 2.25. The maximum atomic E-state index is 11.7. The molecule has 0 aromatic rings. The Morgan fingerprint density at radius 3 is 2.67 bits per heavy atom. The van der Waals surface area contributed by atoms with Crippen LogP contribution in [0.1, 0.15) is 26.2 Å². The first-order valence-electron chi connectivity index (χ1n) is 5.82. The standard InChI is InChI=1S/C10H19N3O4S/c1-8(14)5-10(15)13-4-2-3-9(7-13)6-12-18(11,16)17/h9,12H,2-7H2,1H3,(H2,11,16,17). The Morgan fingerprint density at radius 1 is 1.44 bits per heavy atom. The quantitative estimate of drug-likeness (QED) is 0.628. The van der Waals surface area contributed by atoms with E-state index in [4.69, 9.17) is 5.14 Å². The molecule has 1 unspecified atom stereocenters. The van der Waals surface area contributed by atoms with Gasteiger partial charge in [0.15, 0.2) is 0 Å². The van der Waals surface area contributed by atoms with Crippen molar-refractivity contribution in [2.45, 2.75) is 26.2 Å². The molecule has 104 valence electrons. The van der Waals surface area contributed by atoms with Gasteiger partial charge < -0.3 is 4.90 Å². The summed E-state index contributed by atoms with van der Waals surface area (Å²) >= 11 is 0. The Kier molecular flexibility index (Phi) is 5.24. The molecule has 1 fully saturated rings. The highest BCUT2D eigenvalue weighted by atomic mass is 32.2. The molecule has 3 N–H and O–H groups in total. The van der Waals surface area contributed by atoms with Crippen molar-refractivity contribution in [3.05, 3.63) is 0 Å². The highest BCUT2D eigenvalue weighted by Crippen LogP contribution is 2.16. The number of rotatable bonds is 5. The minimum absolute atomic E-state index is 0.0491. The maximum Gasteiger partial charge on any atom is 0.274 e. The number of carbonyl (C=O) groups is 2. The summed E-state index contributed by atoms with van der Waals surface area (Å²) in [6.45, 7) is 2.69. The number of hydrogen-bond donors (Lipinski definition) is 2. The fraction of sp³-hybridized carbons (Fsp3) is 0.800. The molecule has 18 heavy (non-hydrogen) atoms. The summed E-state index contributed by atoms with van der Waals surface area (Å²) in [4.78, 5) is 24.2. The first-order chi connectivity index (χ1) is 8.28. The highest BCUT2D eigenvalue weighted by Gasteiger charge is 2.24. The molecule has 1 aliphatic heterocycles. The molecule has 1 atom stereocenters. The van der Waals surface area contributed by atoms with Crippen LogP contribution in [0.4, 0.5) is 0 Å². The smallest absolute Gasteiger partial charge is 0.274 e. The minimum Gasteiger partial charge on any atom is -0.342 e. The maximum absolute atomic E-state index is 11.7. The molecule has 1 amide bonds. The van der Waals surface area contributed by atoms with Gasteiger partial charge in [0.1, 0.15) is 5.78 Å². The van der Waals surface area contributed by atoms with Crippen LogP contribution in [0.2, 0.25) is 0 Å². The summed E-state index contributed by atoms with van der Waals surface area (Å²) in [6, 6.07) is 0. The lowest BCUT2D eigenvalue weighted by Crippen LogP contribution is -2.45. The fourth-order valence-corrected chi connectivity index (χ4v) is 2.48. The van der Waals surface area contributed by atoms with Crippen molar-refractivity contribution < 1.29 is 18.0 Å². The molecule has 0 aromatic heterocycles. The van der Waals surface area contributed by atoms with Crippen LogP contribution in [0.25, 0.3) is 0 Å². The SMILES string of the molecule is CC(=O)CC(=O)N1CCCC(CNS(N)(=O)=O)C1. The molecule has 0 aliphatic carbocycles. The summed E-state index contributed by atoms with van der Waals surface area (Å²) in [5.74, 6) is -0.305. The number of ketones is 1.